The molecule has 0 aliphatic heterocycles. The lowest BCUT2D eigenvalue weighted by Gasteiger charge is -2.15. The monoisotopic (exact) mass is 188 g/mol. The second kappa shape index (κ2) is 6.42. The first-order chi connectivity index (χ1) is 6.88. The van der Waals surface area contributed by atoms with E-state index in [9.17, 15) is 0 Å². The molecule has 0 radical (unpaired) electrons. The van der Waals surface area contributed by atoms with Crippen molar-refractivity contribution in [3.05, 3.63) is 48.6 Å². The summed E-state index contributed by atoms with van der Waals surface area (Å²) in [5.74, 6) is 0. The van der Waals surface area contributed by atoms with Gasteiger partial charge in [0.25, 0.3) is 0 Å². The Hall–Kier alpha value is -1.04. The van der Waals surface area contributed by atoms with Crippen LogP contribution in [0.5, 0.6) is 0 Å². The Labute approximate surface area is 87.7 Å². The molecule has 0 aromatic rings. The summed E-state index contributed by atoms with van der Waals surface area (Å²) < 4.78 is 0. The average molecular weight is 188 g/mol. The van der Waals surface area contributed by atoms with E-state index in [0.29, 0.717) is 0 Å². The standard InChI is InChI=1S/C14H20/c1-3-5-10-13(9-4-2)14-11-7-6-8-12-14/h3-4,10-11H,1-2,5-9,12H2. The van der Waals surface area contributed by atoms with Crippen LogP contribution in [0.25, 0.3) is 0 Å². The van der Waals surface area contributed by atoms with Crippen molar-refractivity contribution in [3.8, 4) is 0 Å². The topological polar surface area (TPSA) is 0 Å². The van der Waals surface area contributed by atoms with E-state index in [2.05, 4.69) is 25.3 Å². The van der Waals surface area contributed by atoms with Gasteiger partial charge in [0.05, 0.1) is 0 Å². The minimum atomic E-state index is 0.973. The summed E-state index contributed by atoms with van der Waals surface area (Å²) in [5, 5.41) is 0. The van der Waals surface area contributed by atoms with Crippen molar-refractivity contribution in [2.45, 2.75) is 38.5 Å². The van der Waals surface area contributed by atoms with Crippen LogP contribution in [0.3, 0.4) is 0 Å². The summed E-state index contributed by atoms with van der Waals surface area (Å²) in [7, 11) is 0. The molecule has 0 N–H and O–H groups in total. The van der Waals surface area contributed by atoms with Gasteiger partial charge in [0, 0.05) is 0 Å². The molecule has 0 fully saturated rings. The fourth-order valence-electron chi connectivity index (χ4n) is 1.86. The SMILES string of the molecule is C=CCC=C(CC=C)C1=CCCCC1. The molecule has 0 atom stereocenters. The Morgan fingerprint density at radius 3 is 2.71 bits per heavy atom. The Bertz CT molecular complexity index is 253. The Balaban J connectivity index is 2.69. The lowest BCUT2D eigenvalue weighted by Crippen LogP contribution is -1.95. The van der Waals surface area contributed by atoms with Crippen molar-refractivity contribution in [1.82, 2.24) is 0 Å². The summed E-state index contributed by atoms with van der Waals surface area (Å²) in [6, 6.07) is 0. The highest BCUT2D eigenvalue weighted by atomic mass is 14.1. The van der Waals surface area contributed by atoms with Crippen molar-refractivity contribution >= 4 is 0 Å². The van der Waals surface area contributed by atoms with Gasteiger partial charge >= 0.3 is 0 Å². The van der Waals surface area contributed by atoms with Crippen LogP contribution in [0.4, 0.5) is 0 Å². The van der Waals surface area contributed by atoms with Crippen LogP contribution < -0.4 is 0 Å². The van der Waals surface area contributed by atoms with Crippen molar-refractivity contribution < 1.29 is 0 Å². The molecule has 0 aromatic heterocycles. The molecule has 1 aliphatic carbocycles. The second-order valence-corrected chi connectivity index (χ2v) is 3.72. The van der Waals surface area contributed by atoms with Crippen molar-refractivity contribution in [3.63, 3.8) is 0 Å². The zero-order valence-electron chi connectivity index (χ0n) is 8.97. The Morgan fingerprint density at radius 2 is 2.14 bits per heavy atom. The van der Waals surface area contributed by atoms with E-state index in [4.69, 9.17) is 0 Å². The summed E-state index contributed by atoms with van der Waals surface area (Å²) in [6.07, 6.45) is 15.8. The number of allylic oxidation sites excluding steroid dienone is 6. The first-order valence-electron chi connectivity index (χ1n) is 5.48. The van der Waals surface area contributed by atoms with Crippen LogP contribution in [0.1, 0.15) is 38.5 Å². The van der Waals surface area contributed by atoms with Crippen LogP contribution in [0.15, 0.2) is 48.6 Å². The van der Waals surface area contributed by atoms with Crippen LogP contribution in [0.2, 0.25) is 0 Å². The number of hydrogen-bond acceptors (Lipinski definition) is 0. The lowest BCUT2D eigenvalue weighted by molar-refractivity contribution is 0.703. The third-order valence-electron chi connectivity index (χ3n) is 2.60. The fraction of sp³-hybridized carbons (Fsp3) is 0.429. The smallest absolute Gasteiger partial charge is 0.0101 e. The molecule has 0 saturated heterocycles. The quantitative estimate of drug-likeness (QED) is 0.555. The maximum atomic E-state index is 3.81. The summed E-state index contributed by atoms with van der Waals surface area (Å²) in [6.45, 7) is 7.56. The largest absolute Gasteiger partial charge is 0.103 e. The molecule has 0 bridgehead atoms. The summed E-state index contributed by atoms with van der Waals surface area (Å²) in [4.78, 5) is 0. The van der Waals surface area contributed by atoms with Gasteiger partial charge in [-0.15, -0.1) is 13.2 Å². The number of hydrogen-bond donors (Lipinski definition) is 0. The van der Waals surface area contributed by atoms with Crippen LogP contribution in [0, 0.1) is 0 Å². The Kier molecular flexibility index (Phi) is 5.06. The van der Waals surface area contributed by atoms with Gasteiger partial charge in [-0.1, -0.05) is 24.3 Å². The van der Waals surface area contributed by atoms with E-state index in [1.165, 1.54) is 36.8 Å². The van der Waals surface area contributed by atoms with E-state index in [1.807, 2.05) is 12.2 Å². The maximum absolute atomic E-state index is 3.81. The molecule has 0 nitrogen and oxygen atoms in total. The first kappa shape index (κ1) is 11.0. The number of rotatable bonds is 5. The van der Waals surface area contributed by atoms with Gasteiger partial charge in [0.2, 0.25) is 0 Å². The molecule has 0 amide bonds. The van der Waals surface area contributed by atoms with E-state index in [-0.39, 0.29) is 0 Å². The minimum Gasteiger partial charge on any atom is -0.103 e. The maximum Gasteiger partial charge on any atom is -0.0101 e. The van der Waals surface area contributed by atoms with Gasteiger partial charge in [0.15, 0.2) is 0 Å². The molecule has 0 unspecified atom stereocenters. The second-order valence-electron chi connectivity index (χ2n) is 3.72. The molecule has 76 valence electrons. The van der Waals surface area contributed by atoms with Crippen LogP contribution in [-0.4, -0.2) is 0 Å². The molecule has 0 heteroatoms. The molecule has 0 aromatic carbocycles. The predicted molar refractivity (Wildman–Crippen MR) is 64.3 cm³/mol. The van der Waals surface area contributed by atoms with E-state index >= 15 is 0 Å². The van der Waals surface area contributed by atoms with Crippen molar-refractivity contribution in [2.75, 3.05) is 0 Å². The van der Waals surface area contributed by atoms with Crippen molar-refractivity contribution in [1.29, 1.82) is 0 Å². The fourth-order valence-corrected chi connectivity index (χ4v) is 1.86. The molecule has 1 rings (SSSR count). The van der Waals surface area contributed by atoms with Gasteiger partial charge in [-0.2, -0.15) is 0 Å². The molecular weight excluding hydrogens is 168 g/mol. The molecule has 0 heterocycles. The van der Waals surface area contributed by atoms with Crippen LogP contribution in [-0.2, 0) is 0 Å². The third kappa shape index (κ3) is 3.37. The molecule has 0 saturated carbocycles. The zero-order valence-corrected chi connectivity index (χ0v) is 8.97. The molecule has 0 spiro atoms. The normalized spacial score (nSPS) is 17.4. The van der Waals surface area contributed by atoms with Gasteiger partial charge < -0.3 is 0 Å². The van der Waals surface area contributed by atoms with Crippen LogP contribution >= 0.6 is 0 Å². The van der Waals surface area contributed by atoms with E-state index in [0.717, 1.165) is 12.8 Å². The van der Waals surface area contributed by atoms with E-state index in [1.54, 1.807) is 0 Å². The van der Waals surface area contributed by atoms with Gasteiger partial charge in [-0.25, -0.2) is 0 Å². The van der Waals surface area contributed by atoms with Gasteiger partial charge in [-0.3, -0.25) is 0 Å². The molecule has 1 aliphatic rings. The Morgan fingerprint density at radius 1 is 1.29 bits per heavy atom. The first-order valence-corrected chi connectivity index (χ1v) is 5.48. The lowest BCUT2D eigenvalue weighted by atomic mass is 9.91. The van der Waals surface area contributed by atoms with E-state index < -0.39 is 0 Å². The zero-order chi connectivity index (χ0) is 10.2. The minimum absolute atomic E-state index is 0.973. The third-order valence-corrected chi connectivity index (χ3v) is 2.60. The highest BCUT2D eigenvalue weighted by Crippen LogP contribution is 2.26. The van der Waals surface area contributed by atoms with Crippen molar-refractivity contribution in [2.24, 2.45) is 0 Å². The highest BCUT2D eigenvalue weighted by Gasteiger charge is 2.06. The van der Waals surface area contributed by atoms with Gasteiger partial charge in [-0.05, 0) is 49.7 Å². The predicted octanol–water partition coefficient (Wildman–Crippen LogP) is 4.57. The average Bonchev–Trinajstić information content (AvgIpc) is 2.25. The molecular formula is C14H20. The summed E-state index contributed by atoms with van der Waals surface area (Å²) in [5.41, 5.74) is 3.00. The molecule has 14 heavy (non-hydrogen) atoms. The van der Waals surface area contributed by atoms with Gasteiger partial charge in [0.1, 0.15) is 0 Å². The summed E-state index contributed by atoms with van der Waals surface area (Å²) >= 11 is 0. The highest BCUT2D eigenvalue weighted by molar-refractivity contribution is 5.33.